The fourth-order valence-electron chi connectivity index (χ4n) is 4.14. The third-order valence-electron chi connectivity index (χ3n) is 6.23. The van der Waals surface area contributed by atoms with E-state index < -0.39 is 0 Å². The van der Waals surface area contributed by atoms with Gasteiger partial charge < -0.3 is 20.3 Å². The van der Waals surface area contributed by atoms with E-state index in [1.807, 2.05) is 29.2 Å². The molecule has 2 aliphatic rings. The number of piperidine rings is 1. The van der Waals surface area contributed by atoms with E-state index in [1.165, 1.54) is 6.07 Å². The minimum Gasteiger partial charge on any atom is -0.484 e. The normalized spacial score (nSPS) is 16.1. The average Bonchev–Trinajstić information content (AvgIpc) is 3.67. The Morgan fingerprint density at radius 2 is 1.74 bits per heavy atom. The molecule has 2 aromatic carbocycles. The minimum absolute atomic E-state index is 0.0162. The van der Waals surface area contributed by atoms with Crippen molar-refractivity contribution < 1.29 is 19.2 Å². The summed E-state index contributed by atoms with van der Waals surface area (Å²) in [6, 6.07) is 14.6. The van der Waals surface area contributed by atoms with Gasteiger partial charge in [-0.2, -0.15) is 0 Å². The summed E-state index contributed by atoms with van der Waals surface area (Å²) in [7, 11) is 0. The zero-order valence-corrected chi connectivity index (χ0v) is 19.1. The van der Waals surface area contributed by atoms with E-state index in [2.05, 4.69) is 10.6 Å². The smallest absolute Gasteiger partial charge is 0.292 e. The van der Waals surface area contributed by atoms with Crippen LogP contribution < -0.4 is 20.3 Å². The maximum atomic E-state index is 12.6. The summed E-state index contributed by atoms with van der Waals surface area (Å²) < 4.78 is 5.51. The summed E-state index contributed by atoms with van der Waals surface area (Å²) >= 11 is 0. The topological polar surface area (TPSA) is 114 Å². The molecule has 0 radical (unpaired) electrons. The molecule has 1 saturated heterocycles. The molecule has 9 nitrogen and oxygen atoms in total. The van der Waals surface area contributed by atoms with Gasteiger partial charge in [0.15, 0.2) is 6.61 Å². The fourth-order valence-corrected chi connectivity index (χ4v) is 4.14. The Balaban J connectivity index is 1.16. The number of amides is 2. The number of rotatable bonds is 10. The molecule has 0 atom stereocenters. The lowest BCUT2D eigenvalue weighted by molar-refractivity contribution is -0.384. The Kier molecular flexibility index (Phi) is 7.61. The Labute approximate surface area is 198 Å². The van der Waals surface area contributed by atoms with E-state index in [4.69, 9.17) is 4.74 Å². The number of nitro groups is 1. The van der Waals surface area contributed by atoms with Crippen molar-refractivity contribution in [2.45, 2.75) is 38.1 Å². The number of anilines is 1. The van der Waals surface area contributed by atoms with Gasteiger partial charge in [0.1, 0.15) is 11.4 Å². The molecular weight excluding hydrogens is 436 g/mol. The number of hydrogen-bond acceptors (Lipinski definition) is 6. The van der Waals surface area contributed by atoms with Gasteiger partial charge in [0, 0.05) is 37.7 Å². The van der Waals surface area contributed by atoms with Crippen molar-refractivity contribution in [2.75, 3.05) is 31.1 Å². The molecule has 34 heavy (non-hydrogen) atoms. The van der Waals surface area contributed by atoms with Gasteiger partial charge in [0.05, 0.1) is 4.92 Å². The van der Waals surface area contributed by atoms with Crippen LogP contribution >= 0.6 is 0 Å². The van der Waals surface area contributed by atoms with E-state index in [9.17, 15) is 19.7 Å². The molecule has 0 spiro atoms. The number of carbonyl (C=O) groups is 2. The van der Waals surface area contributed by atoms with Crippen molar-refractivity contribution in [2.24, 2.45) is 5.92 Å². The molecule has 1 aliphatic heterocycles. The van der Waals surface area contributed by atoms with E-state index in [0.717, 1.165) is 18.4 Å². The lowest BCUT2D eigenvalue weighted by atomic mass is 9.95. The molecule has 2 N–H and O–H groups in total. The highest BCUT2D eigenvalue weighted by Gasteiger charge is 2.28. The molecule has 180 valence electrons. The van der Waals surface area contributed by atoms with Crippen LogP contribution in [0.15, 0.2) is 48.5 Å². The maximum absolute atomic E-state index is 12.6. The summed E-state index contributed by atoms with van der Waals surface area (Å²) in [5.41, 5.74) is 1.78. The van der Waals surface area contributed by atoms with Gasteiger partial charge in [-0.15, -0.1) is 0 Å². The van der Waals surface area contributed by atoms with Gasteiger partial charge in [-0.05, 0) is 55.9 Å². The number of nitrogens with one attached hydrogen (secondary N) is 2. The van der Waals surface area contributed by atoms with Crippen molar-refractivity contribution in [1.29, 1.82) is 0 Å². The van der Waals surface area contributed by atoms with Crippen LogP contribution in [0.3, 0.4) is 0 Å². The molecule has 2 fully saturated rings. The number of benzene rings is 2. The number of carbonyl (C=O) groups excluding carboxylic acids is 2. The Morgan fingerprint density at radius 1 is 1.03 bits per heavy atom. The summed E-state index contributed by atoms with van der Waals surface area (Å²) in [5.74, 6) is 0.492. The molecular formula is C25H30N4O5. The Morgan fingerprint density at radius 3 is 2.41 bits per heavy atom. The van der Waals surface area contributed by atoms with Crippen molar-refractivity contribution in [3.63, 3.8) is 0 Å². The van der Waals surface area contributed by atoms with Crippen molar-refractivity contribution >= 4 is 23.2 Å². The number of nitrogens with zero attached hydrogens (tertiary/aromatic N) is 2. The first-order chi connectivity index (χ1) is 16.5. The SMILES string of the molecule is O=C(COc1ccc(CCNC(=O)C2CCN(c3ccccc3[N+](=O)[O-])CC2)cc1)NC1CC1. The van der Waals surface area contributed by atoms with E-state index in [1.54, 1.807) is 18.2 Å². The first kappa shape index (κ1) is 23.5. The molecule has 2 aromatic rings. The van der Waals surface area contributed by atoms with Crippen LogP contribution in [0.25, 0.3) is 0 Å². The van der Waals surface area contributed by atoms with Gasteiger partial charge in [-0.3, -0.25) is 19.7 Å². The zero-order valence-electron chi connectivity index (χ0n) is 19.1. The van der Waals surface area contributed by atoms with Gasteiger partial charge in [0.2, 0.25) is 5.91 Å². The largest absolute Gasteiger partial charge is 0.484 e. The van der Waals surface area contributed by atoms with Crippen molar-refractivity contribution in [3.05, 3.63) is 64.2 Å². The van der Waals surface area contributed by atoms with Crippen LogP contribution in [0.1, 0.15) is 31.2 Å². The van der Waals surface area contributed by atoms with Crippen LogP contribution in [0.4, 0.5) is 11.4 Å². The summed E-state index contributed by atoms with van der Waals surface area (Å²) in [5, 5.41) is 17.2. The molecule has 0 aromatic heterocycles. The number of ether oxygens (including phenoxy) is 1. The monoisotopic (exact) mass is 466 g/mol. The maximum Gasteiger partial charge on any atom is 0.292 e. The van der Waals surface area contributed by atoms with Crippen LogP contribution in [-0.4, -0.2) is 49.0 Å². The third kappa shape index (κ3) is 6.46. The van der Waals surface area contributed by atoms with Gasteiger partial charge in [-0.25, -0.2) is 0 Å². The first-order valence-electron chi connectivity index (χ1n) is 11.8. The number of hydrogen-bond donors (Lipinski definition) is 2. The van der Waals surface area contributed by atoms with E-state index in [0.29, 0.717) is 56.4 Å². The summed E-state index contributed by atoms with van der Waals surface area (Å²) in [6.45, 7) is 1.78. The average molecular weight is 467 g/mol. The van der Waals surface area contributed by atoms with Crippen LogP contribution in [0, 0.1) is 16.0 Å². The van der Waals surface area contributed by atoms with Gasteiger partial charge in [0.25, 0.3) is 11.6 Å². The predicted molar refractivity (Wildman–Crippen MR) is 128 cm³/mol. The number of nitro benzene ring substituents is 1. The Bertz CT molecular complexity index is 1010. The Hall–Kier alpha value is -3.62. The lowest BCUT2D eigenvalue weighted by Crippen LogP contribution is -2.41. The van der Waals surface area contributed by atoms with E-state index >= 15 is 0 Å². The quantitative estimate of drug-likeness (QED) is 0.411. The second-order valence-electron chi connectivity index (χ2n) is 8.82. The van der Waals surface area contributed by atoms with Crippen LogP contribution in [0.2, 0.25) is 0 Å². The highest BCUT2D eigenvalue weighted by Crippen LogP contribution is 2.31. The zero-order chi connectivity index (χ0) is 23.9. The fraction of sp³-hybridized carbons (Fsp3) is 0.440. The summed E-state index contributed by atoms with van der Waals surface area (Å²) in [6.07, 6.45) is 4.13. The molecule has 2 amide bonds. The lowest BCUT2D eigenvalue weighted by Gasteiger charge is -2.32. The highest BCUT2D eigenvalue weighted by atomic mass is 16.6. The highest BCUT2D eigenvalue weighted by molar-refractivity contribution is 5.79. The minimum atomic E-state index is -0.362. The molecule has 0 bridgehead atoms. The number of para-hydroxylation sites is 2. The summed E-state index contributed by atoms with van der Waals surface area (Å²) in [4.78, 5) is 37.2. The van der Waals surface area contributed by atoms with Crippen molar-refractivity contribution in [3.8, 4) is 5.75 Å². The molecule has 1 saturated carbocycles. The molecule has 4 rings (SSSR count). The van der Waals surface area contributed by atoms with Crippen molar-refractivity contribution in [1.82, 2.24) is 10.6 Å². The second kappa shape index (κ2) is 11.0. The molecule has 9 heteroatoms. The van der Waals surface area contributed by atoms with Crippen LogP contribution in [-0.2, 0) is 16.0 Å². The van der Waals surface area contributed by atoms with Gasteiger partial charge in [-0.1, -0.05) is 24.3 Å². The predicted octanol–water partition coefficient (Wildman–Crippen LogP) is 2.83. The van der Waals surface area contributed by atoms with Gasteiger partial charge >= 0.3 is 0 Å². The molecule has 0 unspecified atom stereocenters. The molecule has 1 aliphatic carbocycles. The van der Waals surface area contributed by atoms with E-state index in [-0.39, 0.29) is 34.9 Å². The third-order valence-corrected chi connectivity index (χ3v) is 6.23. The van der Waals surface area contributed by atoms with Crippen LogP contribution in [0.5, 0.6) is 5.75 Å². The first-order valence-corrected chi connectivity index (χ1v) is 11.8. The molecule has 1 heterocycles. The second-order valence-corrected chi connectivity index (χ2v) is 8.82. The standard InChI is InChI=1S/C25H30N4O5/c30-24(27-20-7-8-20)17-34-21-9-5-18(6-10-21)11-14-26-25(31)19-12-15-28(16-13-19)22-3-1-2-4-23(22)29(32)33/h1-6,9-10,19-20H,7-8,11-17H2,(H,26,31)(H,27,30).